The molecule has 0 radical (unpaired) electrons. The van der Waals surface area contributed by atoms with Crippen LogP contribution in [-0.4, -0.2) is 42.4 Å². The number of hydrogen-bond donors (Lipinski definition) is 1. The summed E-state index contributed by atoms with van der Waals surface area (Å²) in [6, 6.07) is 0.852. The van der Waals surface area contributed by atoms with Gasteiger partial charge < -0.3 is 9.59 Å². The van der Waals surface area contributed by atoms with Crippen LogP contribution in [0.25, 0.3) is 0 Å². The fourth-order valence-corrected chi connectivity index (χ4v) is 10.5. The van der Waals surface area contributed by atoms with E-state index in [0.717, 1.165) is 54.4 Å². The summed E-state index contributed by atoms with van der Waals surface area (Å²) in [5, 5.41) is 10.3. The molecule has 0 aromatic heterocycles. The summed E-state index contributed by atoms with van der Waals surface area (Å²) in [6.45, 7) is 11.8. The third-order valence-corrected chi connectivity index (χ3v) is 12.0. The van der Waals surface area contributed by atoms with Crippen molar-refractivity contribution < 1.29 is 9.59 Å². The SMILES string of the molecule is C[C@H]1CC[C@H]([C@H](C)[C@@H]2CC[C@@H]3[C@H]4CC=C5C[C@@H](O)CC[C@]5(C)[C@@H]4CC[C@@]32C)[N+](C)(C)C1. The maximum absolute atomic E-state index is 10.3. The lowest BCUT2D eigenvalue weighted by atomic mass is 9.47. The second kappa shape index (κ2) is 7.59. The zero-order valence-electron chi connectivity index (χ0n) is 21.4. The van der Waals surface area contributed by atoms with Gasteiger partial charge in [0.05, 0.1) is 32.8 Å². The van der Waals surface area contributed by atoms with Crippen molar-refractivity contribution in [3.05, 3.63) is 11.6 Å². The summed E-state index contributed by atoms with van der Waals surface area (Å²) in [4.78, 5) is 0. The maximum atomic E-state index is 10.3. The van der Waals surface area contributed by atoms with Gasteiger partial charge in [0, 0.05) is 18.3 Å². The Morgan fingerprint density at radius 3 is 2.52 bits per heavy atom. The number of nitrogens with zero attached hydrogens (tertiary/aromatic N) is 1. The molecule has 4 fully saturated rings. The minimum atomic E-state index is -0.0823. The highest BCUT2D eigenvalue weighted by atomic mass is 16.3. The molecular formula is C29H50NO+. The average Bonchev–Trinajstić information content (AvgIpc) is 3.04. The lowest BCUT2D eigenvalue weighted by Gasteiger charge is -2.59. The van der Waals surface area contributed by atoms with Crippen LogP contribution < -0.4 is 0 Å². The van der Waals surface area contributed by atoms with E-state index in [0.29, 0.717) is 10.8 Å². The van der Waals surface area contributed by atoms with Crippen LogP contribution in [0.3, 0.4) is 0 Å². The molecule has 1 heterocycles. The topological polar surface area (TPSA) is 20.2 Å². The molecule has 1 N–H and O–H groups in total. The Labute approximate surface area is 192 Å². The Hall–Kier alpha value is -0.340. The molecule has 31 heavy (non-hydrogen) atoms. The van der Waals surface area contributed by atoms with Crippen molar-refractivity contribution in [3.63, 3.8) is 0 Å². The Kier molecular flexibility index (Phi) is 5.50. The van der Waals surface area contributed by atoms with Crippen LogP contribution >= 0.6 is 0 Å². The third-order valence-electron chi connectivity index (χ3n) is 12.0. The molecule has 2 heteroatoms. The number of hydrogen-bond acceptors (Lipinski definition) is 1. The highest BCUT2D eigenvalue weighted by molar-refractivity contribution is 5.25. The molecule has 0 spiro atoms. The van der Waals surface area contributed by atoms with E-state index >= 15 is 0 Å². The first kappa shape index (κ1) is 22.5. The van der Waals surface area contributed by atoms with Gasteiger partial charge in [-0.1, -0.05) is 39.3 Å². The average molecular weight is 429 g/mol. The van der Waals surface area contributed by atoms with E-state index in [4.69, 9.17) is 0 Å². The predicted molar refractivity (Wildman–Crippen MR) is 130 cm³/mol. The van der Waals surface area contributed by atoms with Crippen LogP contribution in [0.1, 0.15) is 91.9 Å². The highest BCUT2D eigenvalue weighted by Crippen LogP contribution is 2.67. The van der Waals surface area contributed by atoms with Gasteiger partial charge in [0.2, 0.25) is 0 Å². The van der Waals surface area contributed by atoms with E-state index < -0.39 is 0 Å². The Bertz CT molecular complexity index is 726. The van der Waals surface area contributed by atoms with Gasteiger partial charge in [0.15, 0.2) is 0 Å². The molecular weight excluding hydrogens is 378 g/mol. The van der Waals surface area contributed by atoms with Crippen molar-refractivity contribution in [2.24, 2.45) is 46.3 Å². The lowest BCUT2D eigenvalue weighted by molar-refractivity contribution is -0.927. The summed E-state index contributed by atoms with van der Waals surface area (Å²) in [5.41, 5.74) is 2.56. The molecule has 1 aliphatic heterocycles. The number of piperidine rings is 1. The van der Waals surface area contributed by atoms with Crippen LogP contribution in [0, 0.1) is 46.3 Å². The van der Waals surface area contributed by atoms with Gasteiger partial charge in [-0.15, -0.1) is 0 Å². The maximum Gasteiger partial charge on any atom is 0.0915 e. The number of rotatable bonds is 2. The Balaban J connectivity index is 1.38. The molecule has 5 aliphatic rings. The summed E-state index contributed by atoms with van der Waals surface area (Å²) in [7, 11) is 5.04. The molecule has 4 aliphatic carbocycles. The quantitative estimate of drug-likeness (QED) is 0.396. The highest BCUT2D eigenvalue weighted by Gasteiger charge is 2.60. The zero-order chi connectivity index (χ0) is 22.2. The molecule has 176 valence electrons. The van der Waals surface area contributed by atoms with Gasteiger partial charge >= 0.3 is 0 Å². The number of fused-ring (bicyclic) bond motifs is 5. The first-order valence-corrected chi connectivity index (χ1v) is 13.8. The minimum Gasteiger partial charge on any atom is -0.393 e. The molecule has 2 nitrogen and oxygen atoms in total. The molecule has 5 rings (SSSR count). The number of aliphatic hydroxyl groups excluding tert-OH is 1. The molecule has 3 saturated carbocycles. The van der Waals surface area contributed by atoms with Gasteiger partial charge in [-0.05, 0) is 92.3 Å². The monoisotopic (exact) mass is 428 g/mol. The first-order chi connectivity index (χ1) is 14.6. The van der Waals surface area contributed by atoms with Crippen LogP contribution in [-0.2, 0) is 0 Å². The second-order valence-electron chi connectivity index (χ2n) is 14.0. The van der Waals surface area contributed by atoms with Crippen molar-refractivity contribution in [2.45, 2.75) is 104 Å². The van der Waals surface area contributed by atoms with E-state index in [9.17, 15) is 5.11 Å². The fraction of sp³-hybridized carbons (Fsp3) is 0.931. The van der Waals surface area contributed by atoms with E-state index in [1.807, 2.05) is 0 Å². The van der Waals surface area contributed by atoms with Crippen LogP contribution in [0.2, 0.25) is 0 Å². The minimum absolute atomic E-state index is 0.0823. The molecule has 0 bridgehead atoms. The van der Waals surface area contributed by atoms with Gasteiger partial charge in [-0.25, -0.2) is 0 Å². The van der Waals surface area contributed by atoms with E-state index in [2.05, 4.69) is 47.9 Å². The van der Waals surface area contributed by atoms with E-state index in [-0.39, 0.29) is 6.10 Å². The fourth-order valence-electron chi connectivity index (χ4n) is 10.5. The largest absolute Gasteiger partial charge is 0.393 e. The van der Waals surface area contributed by atoms with Gasteiger partial charge in [-0.3, -0.25) is 0 Å². The first-order valence-electron chi connectivity index (χ1n) is 13.8. The standard InChI is InChI=1S/C29H50NO/c1-19-7-12-27(30(5,6)18-19)20(2)24-10-11-25-23-9-8-21-17-22(31)13-15-28(21,3)26(23)14-16-29(24,25)4/h8,19-20,22-27,31H,7,9-18H2,1-6H3/q+1/t19-,20+,22-,23+,24-,25+,26+,27+,28-,29+/m0/s1. The van der Waals surface area contributed by atoms with Crippen LogP contribution in [0.15, 0.2) is 11.6 Å². The van der Waals surface area contributed by atoms with E-state index in [1.54, 1.807) is 5.57 Å². The summed E-state index contributed by atoms with van der Waals surface area (Å²) in [6.07, 6.45) is 15.7. The lowest BCUT2D eigenvalue weighted by Crippen LogP contribution is -2.59. The summed E-state index contributed by atoms with van der Waals surface area (Å²) >= 11 is 0. The molecule has 0 aromatic rings. The van der Waals surface area contributed by atoms with Crippen molar-refractivity contribution >= 4 is 0 Å². The molecule has 0 aromatic carbocycles. The number of quaternary nitrogens is 1. The van der Waals surface area contributed by atoms with Crippen LogP contribution in [0.4, 0.5) is 0 Å². The van der Waals surface area contributed by atoms with Crippen molar-refractivity contribution in [2.75, 3.05) is 20.6 Å². The molecule has 0 unspecified atom stereocenters. The van der Waals surface area contributed by atoms with Crippen molar-refractivity contribution in [1.82, 2.24) is 0 Å². The smallest absolute Gasteiger partial charge is 0.0915 e. The normalized spacial score (nSPS) is 52.5. The summed E-state index contributed by atoms with van der Waals surface area (Å²) < 4.78 is 1.25. The second-order valence-corrected chi connectivity index (χ2v) is 14.0. The van der Waals surface area contributed by atoms with Crippen molar-refractivity contribution in [3.8, 4) is 0 Å². The number of likely N-dealkylation sites (tertiary alicyclic amines) is 1. The van der Waals surface area contributed by atoms with Gasteiger partial charge in [-0.2, -0.15) is 0 Å². The Morgan fingerprint density at radius 2 is 1.77 bits per heavy atom. The van der Waals surface area contributed by atoms with E-state index in [1.165, 1.54) is 62.4 Å². The zero-order valence-corrected chi connectivity index (χ0v) is 21.4. The Morgan fingerprint density at radius 1 is 1.00 bits per heavy atom. The van der Waals surface area contributed by atoms with Crippen molar-refractivity contribution in [1.29, 1.82) is 0 Å². The molecule has 1 saturated heterocycles. The summed E-state index contributed by atoms with van der Waals surface area (Å²) in [5.74, 6) is 5.35. The van der Waals surface area contributed by atoms with Gasteiger partial charge in [0.1, 0.15) is 0 Å². The predicted octanol–water partition coefficient (Wildman–Crippen LogP) is 6.44. The third kappa shape index (κ3) is 3.40. The molecule has 0 amide bonds. The number of aliphatic hydroxyl groups is 1. The van der Waals surface area contributed by atoms with Gasteiger partial charge in [0.25, 0.3) is 0 Å². The number of allylic oxidation sites excluding steroid dienone is 1. The molecule has 10 atom stereocenters. The van der Waals surface area contributed by atoms with Crippen LogP contribution in [0.5, 0.6) is 0 Å².